The van der Waals surface area contributed by atoms with E-state index in [1.165, 1.54) is 4.57 Å². The van der Waals surface area contributed by atoms with E-state index < -0.39 is 34.9 Å². The number of halogens is 5. The Hall–Kier alpha value is -3.74. The third kappa shape index (κ3) is 5.73. The summed E-state index contributed by atoms with van der Waals surface area (Å²) in [6.45, 7) is 1.95. The first kappa shape index (κ1) is 25.4. The molecule has 3 heterocycles. The summed E-state index contributed by atoms with van der Waals surface area (Å²) in [5.74, 6) is -2.68. The number of fused-ring (bicyclic) bond motifs is 1. The predicted octanol–water partition coefficient (Wildman–Crippen LogP) is 4.16. The highest BCUT2D eigenvalue weighted by molar-refractivity contribution is 5.44. The van der Waals surface area contributed by atoms with Gasteiger partial charge in [0.25, 0.3) is 0 Å². The molecule has 0 saturated heterocycles. The molecule has 0 bridgehead atoms. The van der Waals surface area contributed by atoms with Gasteiger partial charge < -0.3 is 19.1 Å². The molecule has 0 saturated carbocycles. The van der Waals surface area contributed by atoms with Crippen LogP contribution < -0.4 is 20.1 Å². The lowest BCUT2D eigenvalue weighted by atomic mass is 10.2. The Balaban J connectivity index is 1.47. The van der Waals surface area contributed by atoms with Gasteiger partial charge in [-0.15, -0.1) is 0 Å². The summed E-state index contributed by atoms with van der Waals surface area (Å²) in [4.78, 5) is 21.5. The van der Waals surface area contributed by atoms with Crippen molar-refractivity contribution in [1.82, 2.24) is 14.5 Å². The van der Waals surface area contributed by atoms with Crippen LogP contribution in [0.2, 0.25) is 0 Å². The van der Waals surface area contributed by atoms with Gasteiger partial charge >= 0.3 is 11.9 Å². The Morgan fingerprint density at radius 1 is 1.08 bits per heavy atom. The van der Waals surface area contributed by atoms with Crippen LogP contribution in [-0.2, 0) is 24.1 Å². The highest BCUT2D eigenvalue weighted by atomic mass is 19.4. The van der Waals surface area contributed by atoms with Crippen molar-refractivity contribution in [2.75, 3.05) is 31.7 Å². The Morgan fingerprint density at radius 3 is 2.47 bits per heavy atom. The van der Waals surface area contributed by atoms with E-state index in [0.717, 1.165) is 37.4 Å². The van der Waals surface area contributed by atoms with Gasteiger partial charge in [0.15, 0.2) is 17.4 Å². The first-order chi connectivity index (χ1) is 17.2. The normalized spacial score (nSPS) is 13.4. The van der Waals surface area contributed by atoms with Crippen molar-refractivity contribution in [3.05, 3.63) is 69.9 Å². The highest BCUT2D eigenvalue weighted by Crippen LogP contribution is 2.32. The van der Waals surface area contributed by atoms with Gasteiger partial charge in [-0.05, 0) is 36.2 Å². The quantitative estimate of drug-likeness (QED) is 0.420. The first-order valence-corrected chi connectivity index (χ1v) is 10.8. The van der Waals surface area contributed by atoms with Crippen molar-refractivity contribution in [3.63, 3.8) is 0 Å². The van der Waals surface area contributed by atoms with Crippen molar-refractivity contribution < 1.29 is 36.2 Å². The maximum atomic E-state index is 14.5. The molecule has 8 nitrogen and oxygen atoms in total. The number of alkyl halides is 3. The fourth-order valence-electron chi connectivity index (χ4n) is 3.66. The lowest BCUT2D eigenvalue weighted by Gasteiger charge is -2.31. The van der Waals surface area contributed by atoms with Gasteiger partial charge in [0.05, 0.1) is 12.8 Å². The van der Waals surface area contributed by atoms with Crippen molar-refractivity contribution >= 4 is 5.82 Å². The molecule has 1 aliphatic heterocycles. The molecule has 0 atom stereocenters. The van der Waals surface area contributed by atoms with Gasteiger partial charge in [-0.25, -0.2) is 18.6 Å². The second-order valence-electron chi connectivity index (χ2n) is 7.88. The fraction of sp³-hybridized carbons (Fsp3) is 0.348. The van der Waals surface area contributed by atoms with Gasteiger partial charge in [0, 0.05) is 32.8 Å². The van der Waals surface area contributed by atoms with Gasteiger partial charge in [-0.3, -0.25) is 4.57 Å². The molecule has 4 rings (SSSR count). The van der Waals surface area contributed by atoms with Crippen molar-refractivity contribution in [2.45, 2.75) is 25.7 Å². The third-order valence-corrected chi connectivity index (χ3v) is 5.36. The SMILES string of the molecule is COCCN1CCCn2c1cc(OCc1cc(F)c(Oc3ccc(C(F)(F)F)nc3)c(F)c1)nc2=O. The summed E-state index contributed by atoms with van der Waals surface area (Å²) in [5, 5.41) is 0. The van der Waals surface area contributed by atoms with Crippen LogP contribution in [0.1, 0.15) is 17.7 Å². The number of methoxy groups -OCH3 is 1. The van der Waals surface area contributed by atoms with Crippen LogP contribution in [0.4, 0.5) is 27.8 Å². The molecule has 1 aliphatic rings. The number of benzene rings is 1. The lowest BCUT2D eigenvalue weighted by Crippen LogP contribution is -2.40. The Bertz CT molecular complexity index is 1260. The smallest absolute Gasteiger partial charge is 0.433 e. The van der Waals surface area contributed by atoms with Crippen LogP contribution in [0.5, 0.6) is 17.4 Å². The van der Waals surface area contributed by atoms with Crippen LogP contribution in [0.25, 0.3) is 0 Å². The summed E-state index contributed by atoms with van der Waals surface area (Å²) in [6.07, 6.45) is -3.17. The molecule has 13 heteroatoms. The topological polar surface area (TPSA) is 78.7 Å². The molecule has 0 radical (unpaired) electrons. The third-order valence-electron chi connectivity index (χ3n) is 5.36. The first-order valence-electron chi connectivity index (χ1n) is 10.8. The molecule has 0 N–H and O–H groups in total. The zero-order chi connectivity index (χ0) is 25.9. The number of nitrogens with zero attached hydrogens (tertiary/aromatic N) is 4. The molecule has 36 heavy (non-hydrogen) atoms. The second kappa shape index (κ2) is 10.5. The number of rotatable bonds is 8. The molecule has 0 spiro atoms. The standard InChI is InChI=1S/C23H21F5N4O4/c1-34-8-7-31-5-2-6-32-20(31)11-19(30-22(32)33)35-13-14-9-16(24)21(17(25)10-14)36-15-3-4-18(29-12-15)23(26,27)28/h3-4,9-12H,2,5-8,13H2,1H3. The maximum Gasteiger partial charge on any atom is 0.433 e. The fourth-order valence-corrected chi connectivity index (χ4v) is 3.66. The molecule has 0 fully saturated rings. The number of hydrogen-bond donors (Lipinski definition) is 0. The van der Waals surface area contributed by atoms with Crippen molar-refractivity contribution in [2.24, 2.45) is 0 Å². The minimum absolute atomic E-state index is 0.00691. The molecular formula is C23H21F5N4O4. The Kier molecular flexibility index (Phi) is 7.38. The van der Waals surface area contributed by atoms with Gasteiger partial charge in [0.2, 0.25) is 5.88 Å². The van der Waals surface area contributed by atoms with E-state index in [2.05, 4.69) is 9.97 Å². The maximum absolute atomic E-state index is 14.5. The van der Waals surface area contributed by atoms with Crippen LogP contribution in [0.15, 0.2) is 41.3 Å². The van der Waals surface area contributed by atoms with E-state index in [9.17, 15) is 26.7 Å². The van der Waals surface area contributed by atoms with Crippen molar-refractivity contribution in [1.29, 1.82) is 0 Å². The Morgan fingerprint density at radius 2 is 1.83 bits per heavy atom. The van der Waals surface area contributed by atoms with E-state index >= 15 is 0 Å². The molecular weight excluding hydrogens is 491 g/mol. The molecule has 0 unspecified atom stereocenters. The van der Waals surface area contributed by atoms with Crippen LogP contribution in [-0.4, -0.2) is 41.3 Å². The lowest BCUT2D eigenvalue weighted by molar-refractivity contribution is -0.141. The van der Waals surface area contributed by atoms with Crippen LogP contribution in [0.3, 0.4) is 0 Å². The van der Waals surface area contributed by atoms with Crippen molar-refractivity contribution in [3.8, 4) is 17.4 Å². The predicted molar refractivity (Wildman–Crippen MR) is 117 cm³/mol. The van der Waals surface area contributed by atoms with Crippen LogP contribution >= 0.6 is 0 Å². The zero-order valence-corrected chi connectivity index (χ0v) is 19.0. The molecule has 1 aromatic carbocycles. The Labute approximate surface area is 201 Å². The average Bonchev–Trinajstić information content (AvgIpc) is 2.83. The minimum atomic E-state index is -4.66. The summed E-state index contributed by atoms with van der Waals surface area (Å²) < 4.78 is 84.2. The second-order valence-corrected chi connectivity index (χ2v) is 7.88. The van der Waals surface area contributed by atoms with Gasteiger partial charge in [-0.2, -0.15) is 18.2 Å². The molecule has 2 aromatic heterocycles. The van der Waals surface area contributed by atoms with E-state index in [4.69, 9.17) is 14.2 Å². The number of pyridine rings is 1. The van der Waals surface area contributed by atoms with E-state index in [-0.39, 0.29) is 23.8 Å². The average molecular weight is 512 g/mol. The number of ether oxygens (including phenoxy) is 3. The summed E-state index contributed by atoms with van der Waals surface area (Å²) >= 11 is 0. The zero-order valence-electron chi connectivity index (χ0n) is 19.0. The molecule has 0 aliphatic carbocycles. The summed E-state index contributed by atoms with van der Waals surface area (Å²) in [7, 11) is 1.58. The molecule has 192 valence electrons. The van der Waals surface area contributed by atoms with E-state index in [1.807, 2.05) is 4.90 Å². The highest BCUT2D eigenvalue weighted by Gasteiger charge is 2.32. The van der Waals surface area contributed by atoms with E-state index in [1.54, 1.807) is 13.2 Å². The van der Waals surface area contributed by atoms with Gasteiger partial charge in [0.1, 0.15) is 23.9 Å². The van der Waals surface area contributed by atoms with Gasteiger partial charge in [-0.1, -0.05) is 0 Å². The largest absolute Gasteiger partial charge is 0.473 e. The van der Waals surface area contributed by atoms with E-state index in [0.29, 0.717) is 31.6 Å². The number of hydrogen-bond acceptors (Lipinski definition) is 7. The summed E-state index contributed by atoms with van der Waals surface area (Å²) in [6, 6.07) is 5.02. The minimum Gasteiger partial charge on any atom is -0.473 e. The summed E-state index contributed by atoms with van der Waals surface area (Å²) in [5.41, 5.74) is -1.59. The van der Waals surface area contributed by atoms with Crippen LogP contribution in [0, 0.1) is 11.6 Å². The number of aromatic nitrogens is 3. The monoisotopic (exact) mass is 512 g/mol. The molecule has 0 amide bonds. The molecule has 3 aromatic rings. The number of anilines is 1.